The summed E-state index contributed by atoms with van der Waals surface area (Å²) in [6.45, 7) is 1.79. The fourth-order valence-electron chi connectivity index (χ4n) is 2.88. The van der Waals surface area contributed by atoms with Crippen molar-refractivity contribution < 1.29 is 57.4 Å². The van der Waals surface area contributed by atoms with E-state index >= 15 is 0 Å². The molecular formula is C19H22N2O12. The van der Waals surface area contributed by atoms with Gasteiger partial charge in [0.05, 0.1) is 12.8 Å². The van der Waals surface area contributed by atoms with Crippen molar-refractivity contribution in [1.29, 1.82) is 0 Å². The molecule has 2 aliphatic heterocycles. The molecule has 2 fully saturated rings. The molecule has 180 valence electrons. The average Bonchev–Trinajstić information content (AvgIpc) is 3.21. The Morgan fingerprint density at radius 3 is 1.85 bits per heavy atom. The molecule has 2 atom stereocenters. The highest BCUT2D eigenvalue weighted by molar-refractivity contribution is 6.15. The number of amides is 5. The predicted octanol–water partition coefficient (Wildman–Crippen LogP) is -0.477. The number of hydrogen-bond acceptors (Lipinski definition) is 12. The van der Waals surface area contributed by atoms with Gasteiger partial charge >= 0.3 is 18.1 Å². The second-order valence-electron chi connectivity index (χ2n) is 7.24. The lowest BCUT2D eigenvalue weighted by atomic mass is 10.2. The van der Waals surface area contributed by atoms with Crippen LogP contribution in [-0.4, -0.2) is 76.4 Å². The molecule has 2 rings (SSSR count). The third kappa shape index (κ3) is 7.36. The lowest BCUT2D eigenvalue weighted by Crippen LogP contribution is -2.37. The van der Waals surface area contributed by atoms with E-state index in [4.69, 9.17) is 9.47 Å². The summed E-state index contributed by atoms with van der Waals surface area (Å²) in [4.78, 5) is 98.1. The van der Waals surface area contributed by atoms with Crippen LogP contribution >= 0.6 is 0 Å². The maximum atomic E-state index is 12.0. The van der Waals surface area contributed by atoms with Crippen molar-refractivity contribution in [2.45, 2.75) is 64.6 Å². The normalized spacial score (nSPS) is 17.6. The van der Waals surface area contributed by atoms with Crippen LogP contribution in [0.15, 0.2) is 0 Å². The maximum absolute atomic E-state index is 12.0. The second-order valence-corrected chi connectivity index (χ2v) is 7.24. The molecular weight excluding hydrogens is 448 g/mol. The minimum absolute atomic E-state index is 0.0609. The van der Waals surface area contributed by atoms with E-state index in [-0.39, 0.29) is 25.7 Å². The average molecular weight is 470 g/mol. The van der Waals surface area contributed by atoms with E-state index in [1.165, 1.54) is 13.8 Å². The lowest BCUT2D eigenvalue weighted by molar-refractivity contribution is -0.199. The Balaban J connectivity index is 1.66. The molecule has 2 aliphatic rings. The van der Waals surface area contributed by atoms with Crippen molar-refractivity contribution in [3.05, 3.63) is 0 Å². The Hall–Kier alpha value is -3.84. The molecule has 33 heavy (non-hydrogen) atoms. The molecule has 2 saturated heterocycles. The van der Waals surface area contributed by atoms with Crippen molar-refractivity contribution in [2.24, 2.45) is 0 Å². The lowest BCUT2D eigenvalue weighted by Gasteiger charge is -2.17. The number of imide groups is 4. The summed E-state index contributed by atoms with van der Waals surface area (Å²) in [5.41, 5.74) is 0. The molecule has 0 aromatic carbocycles. The van der Waals surface area contributed by atoms with E-state index in [1.807, 2.05) is 0 Å². The van der Waals surface area contributed by atoms with Gasteiger partial charge in [0.1, 0.15) is 12.2 Å². The highest BCUT2D eigenvalue weighted by Crippen LogP contribution is 2.15. The SMILES string of the molecule is CC(CC(=O)ON1C(=O)CCC1=O)OC(=O)COC(=O)OC(C)CC(=O)N1C(=O)CCC1=O. The van der Waals surface area contributed by atoms with Gasteiger partial charge in [0.15, 0.2) is 6.61 Å². The van der Waals surface area contributed by atoms with Gasteiger partial charge < -0.3 is 19.0 Å². The number of likely N-dealkylation sites (tertiary alicyclic amines) is 1. The molecule has 5 amide bonds. The fourth-order valence-corrected chi connectivity index (χ4v) is 2.88. The van der Waals surface area contributed by atoms with E-state index in [0.717, 1.165) is 0 Å². The van der Waals surface area contributed by atoms with Crippen molar-refractivity contribution >= 4 is 47.6 Å². The van der Waals surface area contributed by atoms with Crippen LogP contribution in [0.3, 0.4) is 0 Å². The molecule has 0 spiro atoms. The Bertz CT molecular complexity index is 850. The molecule has 0 aromatic rings. The van der Waals surface area contributed by atoms with Crippen LogP contribution in [0.5, 0.6) is 0 Å². The highest BCUT2D eigenvalue weighted by atomic mass is 16.7. The summed E-state index contributed by atoms with van der Waals surface area (Å²) in [5, 5.41) is 0.359. The van der Waals surface area contributed by atoms with Crippen LogP contribution in [0.1, 0.15) is 52.4 Å². The third-order valence-electron chi connectivity index (χ3n) is 4.35. The molecule has 14 heteroatoms. The summed E-state index contributed by atoms with van der Waals surface area (Å²) < 4.78 is 14.2. The minimum Gasteiger partial charge on any atom is -0.460 e. The number of carbonyl (C=O) groups excluding carboxylic acids is 8. The number of esters is 1. The largest absolute Gasteiger partial charge is 0.509 e. The van der Waals surface area contributed by atoms with Gasteiger partial charge in [0.25, 0.3) is 11.8 Å². The Morgan fingerprint density at radius 2 is 1.27 bits per heavy atom. The molecule has 0 aliphatic carbocycles. The summed E-state index contributed by atoms with van der Waals surface area (Å²) in [6.07, 6.45) is -4.54. The first-order chi connectivity index (χ1) is 15.5. The predicted molar refractivity (Wildman–Crippen MR) is 100.0 cm³/mol. The van der Waals surface area contributed by atoms with Crippen molar-refractivity contribution in [2.75, 3.05) is 6.61 Å². The van der Waals surface area contributed by atoms with Crippen LogP contribution in [0.2, 0.25) is 0 Å². The molecule has 0 N–H and O–H groups in total. The number of rotatable bonds is 9. The van der Waals surface area contributed by atoms with E-state index in [1.54, 1.807) is 0 Å². The van der Waals surface area contributed by atoms with Gasteiger partial charge in [-0.1, -0.05) is 0 Å². The van der Waals surface area contributed by atoms with E-state index in [0.29, 0.717) is 9.96 Å². The van der Waals surface area contributed by atoms with Gasteiger partial charge in [-0.2, -0.15) is 0 Å². The van der Waals surface area contributed by atoms with Gasteiger partial charge in [0.2, 0.25) is 17.7 Å². The summed E-state index contributed by atoms with van der Waals surface area (Å²) >= 11 is 0. The Morgan fingerprint density at radius 1 is 0.758 bits per heavy atom. The van der Waals surface area contributed by atoms with Gasteiger partial charge in [-0.15, -0.1) is 5.06 Å². The first-order valence-corrected chi connectivity index (χ1v) is 9.96. The zero-order valence-electron chi connectivity index (χ0n) is 17.9. The van der Waals surface area contributed by atoms with Crippen molar-refractivity contribution in [3.63, 3.8) is 0 Å². The van der Waals surface area contributed by atoms with Crippen LogP contribution in [-0.2, 0) is 52.6 Å². The molecule has 14 nitrogen and oxygen atoms in total. The van der Waals surface area contributed by atoms with Gasteiger partial charge in [-0.05, 0) is 13.8 Å². The maximum Gasteiger partial charge on any atom is 0.509 e. The van der Waals surface area contributed by atoms with Crippen LogP contribution in [0, 0.1) is 0 Å². The summed E-state index contributed by atoms with van der Waals surface area (Å²) in [5.74, 6) is -5.39. The first kappa shape index (κ1) is 25.4. The topological polar surface area (TPSA) is 180 Å². The number of hydroxylamine groups is 2. The monoisotopic (exact) mass is 470 g/mol. The first-order valence-electron chi connectivity index (χ1n) is 9.96. The van der Waals surface area contributed by atoms with Crippen molar-refractivity contribution in [3.8, 4) is 0 Å². The zero-order valence-corrected chi connectivity index (χ0v) is 17.9. The van der Waals surface area contributed by atoms with Gasteiger partial charge in [-0.3, -0.25) is 24.0 Å². The molecule has 2 heterocycles. The summed E-state index contributed by atoms with van der Waals surface area (Å²) in [7, 11) is 0. The summed E-state index contributed by atoms with van der Waals surface area (Å²) in [6, 6.07) is 0. The van der Waals surface area contributed by atoms with Gasteiger partial charge in [0, 0.05) is 25.7 Å². The number of hydrogen-bond donors (Lipinski definition) is 0. The van der Waals surface area contributed by atoms with Crippen molar-refractivity contribution in [1.82, 2.24) is 9.96 Å². The second kappa shape index (κ2) is 11.2. The van der Waals surface area contributed by atoms with E-state index in [2.05, 4.69) is 9.57 Å². The quantitative estimate of drug-likeness (QED) is 0.312. The highest BCUT2D eigenvalue weighted by Gasteiger charge is 2.35. The molecule has 2 unspecified atom stereocenters. The molecule has 0 bridgehead atoms. The number of carbonyl (C=O) groups is 8. The Kier molecular flexibility index (Phi) is 8.59. The minimum atomic E-state index is -1.30. The van der Waals surface area contributed by atoms with Crippen LogP contribution in [0.25, 0.3) is 0 Å². The van der Waals surface area contributed by atoms with Gasteiger partial charge in [-0.25, -0.2) is 19.3 Å². The number of nitrogens with zero attached hydrogens (tertiary/aromatic N) is 2. The van der Waals surface area contributed by atoms with E-state index < -0.39 is 79.3 Å². The molecule has 0 saturated carbocycles. The Labute approximate surface area is 187 Å². The van der Waals surface area contributed by atoms with E-state index in [9.17, 15) is 38.4 Å². The van der Waals surface area contributed by atoms with Crippen LogP contribution in [0.4, 0.5) is 4.79 Å². The molecule has 0 aromatic heterocycles. The number of ether oxygens (including phenoxy) is 3. The molecule has 0 radical (unpaired) electrons. The van der Waals surface area contributed by atoms with Crippen LogP contribution < -0.4 is 0 Å². The fraction of sp³-hybridized carbons (Fsp3) is 0.579. The smallest absolute Gasteiger partial charge is 0.460 e. The zero-order chi connectivity index (χ0) is 24.7. The standard InChI is InChI=1S/C19H22N2O12/c1-10(7-16(26)20-12(22)3-4-13(20)23)32-19(29)30-9-18(28)31-11(2)8-17(27)33-21-14(24)5-6-15(21)25/h10-11H,3-9H2,1-2H3. The third-order valence-corrected chi connectivity index (χ3v) is 4.35.